The summed E-state index contributed by atoms with van der Waals surface area (Å²) in [5.74, 6) is 0.100. The molecule has 0 aromatic heterocycles. The Bertz CT molecular complexity index is 829. The Balaban J connectivity index is 1.23. The van der Waals surface area contributed by atoms with Crippen LogP contribution in [0.3, 0.4) is 0 Å². The van der Waals surface area contributed by atoms with Gasteiger partial charge in [0.05, 0.1) is 0 Å². The van der Waals surface area contributed by atoms with E-state index in [4.69, 9.17) is 0 Å². The van der Waals surface area contributed by atoms with Crippen LogP contribution in [0.1, 0.15) is 24.0 Å². The lowest BCUT2D eigenvalue weighted by molar-refractivity contribution is -0.133. The molecule has 0 saturated carbocycles. The minimum absolute atomic E-state index is 0.0409. The summed E-state index contributed by atoms with van der Waals surface area (Å²) in [6, 6.07) is 18.4. The second kappa shape index (κ2) is 8.57. The molecule has 0 bridgehead atoms. The maximum Gasteiger partial charge on any atom is 0.227 e. The van der Waals surface area contributed by atoms with Crippen molar-refractivity contribution in [2.75, 3.05) is 31.5 Å². The molecule has 1 atom stereocenters. The van der Waals surface area contributed by atoms with E-state index in [1.807, 2.05) is 29.2 Å². The van der Waals surface area contributed by atoms with Crippen LogP contribution in [0.4, 0.5) is 5.69 Å². The molecule has 5 nitrogen and oxygen atoms in total. The van der Waals surface area contributed by atoms with Crippen LogP contribution in [-0.4, -0.2) is 47.8 Å². The highest BCUT2D eigenvalue weighted by Gasteiger charge is 2.28. The summed E-state index contributed by atoms with van der Waals surface area (Å²) in [5.41, 5.74) is 3.38. The van der Waals surface area contributed by atoms with Crippen LogP contribution < -0.4 is 5.32 Å². The normalized spacial score (nSPS) is 19.8. The van der Waals surface area contributed by atoms with Crippen molar-refractivity contribution in [2.24, 2.45) is 5.92 Å². The van der Waals surface area contributed by atoms with E-state index in [-0.39, 0.29) is 17.7 Å². The van der Waals surface area contributed by atoms with Crippen LogP contribution in [0.5, 0.6) is 0 Å². The van der Waals surface area contributed by atoms with Crippen LogP contribution in [0.2, 0.25) is 0 Å². The number of carbonyl (C=O) groups is 2. The summed E-state index contributed by atoms with van der Waals surface area (Å²) in [6.45, 7) is 4.27. The van der Waals surface area contributed by atoms with Gasteiger partial charge < -0.3 is 10.2 Å². The van der Waals surface area contributed by atoms with Gasteiger partial charge in [0.25, 0.3) is 0 Å². The average molecular weight is 377 g/mol. The summed E-state index contributed by atoms with van der Waals surface area (Å²) in [4.78, 5) is 29.3. The standard InChI is InChI=1S/C23H27N3O2/c27-22(11-10-20-16-19-8-4-5-9-21(19)24-23(20)28)26-14-12-25(13-15-26)17-18-6-2-1-3-7-18/h1-9,20H,10-17H2,(H,24,28)/t20-/m1/s1. The van der Waals surface area contributed by atoms with Crippen LogP contribution in [0.25, 0.3) is 0 Å². The Morgan fingerprint density at radius 3 is 2.46 bits per heavy atom. The van der Waals surface area contributed by atoms with E-state index in [0.29, 0.717) is 12.8 Å². The van der Waals surface area contributed by atoms with E-state index in [0.717, 1.165) is 50.4 Å². The number of fused-ring (bicyclic) bond motifs is 1. The van der Waals surface area contributed by atoms with Crippen LogP contribution in [-0.2, 0) is 22.6 Å². The molecule has 5 heteroatoms. The first-order chi connectivity index (χ1) is 13.7. The van der Waals surface area contributed by atoms with E-state index in [9.17, 15) is 9.59 Å². The van der Waals surface area contributed by atoms with Gasteiger partial charge in [-0.25, -0.2) is 0 Å². The lowest BCUT2D eigenvalue weighted by Gasteiger charge is -2.35. The summed E-state index contributed by atoms with van der Waals surface area (Å²) < 4.78 is 0. The molecule has 2 heterocycles. The third kappa shape index (κ3) is 4.42. The van der Waals surface area contributed by atoms with Gasteiger partial charge in [-0.15, -0.1) is 0 Å². The molecule has 1 saturated heterocycles. The zero-order chi connectivity index (χ0) is 19.3. The predicted octanol–water partition coefficient (Wildman–Crippen LogP) is 2.92. The number of nitrogens with one attached hydrogen (secondary N) is 1. The highest BCUT2D eigenvalue weighted by Crippen LogP contribution is 2.27. The fourth-order valence-corrected chi connectivity index (χ4v) is 4.10. The number of hydrogen-bond donors (Lipinski definition) is 1. The minimum Gasteiger partial charge on any atom is -0.340 e. The zero-order valence-corrected chi connectivity index (χ0v) is 16.1. The highest BCUT2D eigenvalue weighted by molar-refractivity contribution is 5.96. The number of hydrogen-bond acceptors (Lipinski definition) is 3. The second-order valence-electron chi connectivity index (χ2n) is 7.73. The van der Waals surface area contributed by atoms with Crippen molar-refractivity contribution >= 4 is 17.5 Å². The van der Waals surface area contributed by atoms with Crippen molar-refractivity contribution in [2.45, 2.75) is 25.8 Å². The lowest BCUT2D eigenvalue weighted by atomic mass is 9.89. The summed E-state index contributed by atoms with van der Waals surface area (Å²) in [6.07, 6.45) is 1.78. The molecule has 2 aliphatic rings. The fourth-order valence-electron chi connectivity index (χ4n) is 4.10. The highest BCUT2D eigenvalue weighted by atomic mass is 16.2. The van der Waals surface area contributed by atoms with Crippen LogP contribution >= 0.6 is 0 Å². The first-order valence-corrected chi connectivity index (χ1v) is 10.1. The molecule has 0 spiro atoms. The van der Waals surface area contributed by atoms with E-state index >= 15 is 0 Å². The molecule has 2 amide bonds. The first-order valence-electron chi connectivity index (χ1n) is 10.1. The van der Waals surface area contributed by atoms with Gasteiger partial charge >= 0.3 is 0 Å². The molecule has 4 rings (SSSR count). The third-order valence-electron chi connectivity index (χ3n) is 5.79. The molecule has 1 N–H and O–H groups in total. The first kappa shape index (κ1) is 18.7. The average Bonchev–Trinajstić information content (AvgIpc) is 2.73. The number of piperazine rings is 1. The van der Waals surface area contributed by atoms with E-state index in [1.54, 1.807) is 0 Å². The summed E-state index contributed by atoms with van der Waals surface area (Å²) >= 11 is 0. The van der Waals surface area contributed by atoms with Gasteiger partial charge in [-0.05, 0) is 30.0 Å². The maximum atomic E-state index is 12.6. The van der Waals surface area contributed by atoms with Gasteiger partial charge in [-0.3, -0.25) is 14.5 Å². The van der Waals surface area contributed by atoms with Crippen LogP contribution in [0, 0.1) is 5.92 Å². The smallest absolute Gasteiger partial charge is 0.227 e. The van der Waals surface area contributed by atoms with Gasteiger partial charge in [0.1, 0.15) is 0 Å². The van der Waals surface area contributed by atoms with Gasteiger partial charge in [0.2, 0.25) is 11.8 Å². The van der Waals surface area contributed by atoms with E-state index in [1.165, 1.54) is 5.56 Å². The Kier molecular flexibility index (Phi) is 5.72. The minimum atomic E-state index is -0.113. The maximum absolute atomic E-state index is 12.6. The summed E-state index contributed by atoms with van der Waals surface area (Å²) in [5, 5.41) is 2.97. The Hall–Kier alpha value is -2.66. The molecule has 1 fully saturated rings. The molecule has 28 heavy (non-hydrogen) atoms. The fraction of sp³-hybridized carbons (Fsp3) is 0.391. The quantitative estimate of drug-likeness (QED) is 0.872. The van der Waals surface area contributed by atoms with Crippen molar-refractivity contribution < 1.29 is 9.59 Å². The number of benzene rings is 2. The molecule has 2 aromatic carbocycles. The number of amides is 2. The van der Waals surface area contributed by atoms with Gasteiger partial charge in [0.15, 0.2) is 0 Å². The Morgan fingerprint density at radius 2 is 1.68 bits per heavy atom. The largest absolute Gasteiger partial charge is 0.340 e. The molecule has 0 unspecified atom stereocenters. The van der Waals surface area contributed by atoms with Crippen molar-refractivity contribution in [1.82, 2.24) is 9.80 Å². The number of rotatable bonds is 5. The number of nitrogens with zero attached hydrogens (tertiary/aromatic N) is 2. The topological polar surface area (TPSA) is 52.7 Å². The molecule has 146 valence electrons. The predicted molar refractivity (Wildman–Crippen MR) is 110 cm³/mol. The number of anilines is 1. The molecule has 2 aliphatic heterocycles. The molecule has 0 radical (unpaired) electrons. The van der Waals surface area contributed by atoms with Gasteiger partial charge in [0, 0.05) is 50.7 Å². The SMILES string of the molecule is O=C1Nc2ccccc2C[C@H]1CCC(=O)N1CCN(Cc2ccccc2)CC1. The van der Waals surface area contributed by atoms with Crippen molar-refractivity contribution in [3.8, 4) is 0 Å². The van der Waals surface area contributed by atoms with Crippen molar-refractivity contribution in [1.29, 1.82) is 0 Å². The Morgan fingerprint density at radius 1 is 0.964 bits per heavy atom. The van der Waals surface area contributed by atoms with Crippen molar-refractivity contribution in [3.63, 3.8) is 0 Å². The number of carbonyl (C=O) groups excluding carboxylic acids is 2. The molecular formula is C23H27N3O2. The lowest BCUT2D eigenvalue weighted by Crippen LogP contribution is -2.48. The Labute approximate surface area is 166 Å². The van der Waals surface area contributed by atoms with Gasteiger partial charge in [-0.2, -0.15) is 0 Å². The van der Waals surface area contributed by atoms with Gasteiger partial charge in [-0.1, -0.05) is 48.5 Å². The molecule has 0 aliphatic carbocycles. The van der Waals surface area contributed by atoms with Crippen molar-refractivity contribution in [3.05, 3.63) is 65.7 Å². The van der Waals surface area contributed by atoms with Crippen LogP contribution in [0.15, 0.2) is 54.6 Å². The zero-order valence-electron chi connectivity index (χ0n) is 16.1. The molecule has 2 aromatic rings. The summed E-state index contributed by atoms with van der Waals surface area (Å²) in [7, 11) is 0. The second-order valence-corrected chi connectivity index (χ2v) is 7.73. The third-order valence-corrected chi connectivity index (χ3v) is 5.79. The monoisotopic (exact) mass is 377 g/mol. The molecular weight excluding hydrogens is 350 g/mol. The van der Waals surface area contributed by atoms with E-state index in [2.05, 4.69) is 40.5 Å². The number of para-hydroxylation sites is 1. The van der Waals surface area contributed by atoms with E-state index < -0.39 is 0 Å².